The van der Waals surface area contributed by atoms with Crippen LogP contribution < -0.4 is 10.6 Å². The molecule has 1 aromatic rings. The lowest BCUT2D eigenvalue weighted by molar-refractivity contribution is 0.518. The topological polar surface area (TPSA) is 49.3 Å². The van der Waals surface area contributed by atoms with Gasteiger partial charge in [0.1, 0.15) is 0 Å². The molecule has 1 aromatic heterocycles. The molecule has 0 bridgehead atoms. The van der Waals surface area contributed by atoms with Crippen molar-refractivity contribution >= 4 is 29.9 Å². The number of nitrogens with zero attached hydrogens (tertiary/aromatic N) is 2. The van der Waals surface area contributed by atoms with E-state index in [9.17, 15) is 0 Å². The van der Waals surface area contributed by atoms with Crippen molar-refractivity contribution < 1.29 is 0 Å². The molecule has 0 saturated heterocycles. The van der Waals surface area contributed by atoms with Crippen LogP contribution in [0.2, 0.25) is 0 Å². The summed E-state index contributed by atoms with van der Waals surface area (Å²) in [7, 11) is 1.80. The Morgan fingerprint density at radius 3 is 2.55 bits per heavy atom. The third kappa shape index (κ3) is 10.8. The molecule has 0 amide bonds. The van der Waals surface area contributed by atoms with Gasteiger partial charge in [0.15, 0.2) is 5.96 Å². The second-order valence-electron chi connectivity index (χ2n) is 5.77. The highest BCUT2D eigenvalue weighted by atomic mass is 127. The van der Waals surface area contributed by atoms with Crippen molar-refractivity contribution in [2.75, 3.05) is 13.6 Å². The van der Waals surface area contributed by atoms with Crippen LogP contribution in [-0.4, -0.2) is 24.5 Å². The molecule has 0 saturated carbocycles. The van der Waals surface area contributed by atoms with Gasteiger partial charge in [-0.15, -0.1) is 24.0 Å². The molecular weight excluding hydrogens is 387 g/mol. The molecule has 0 radical (unpaired) electrons. The molecule has 0 aliphatic heterocycles. The lowest BCUT2D eigenvalue weighted by Gasteiger charge is -2.11. The van der Waals surface area contributed by atoms with Gasteiger partial charge in [-0.05, 0) is 24.5 Å². The van der Waals surface area contributed by atoms with E-state index in [-0.39, 0.29) is 24.0 Å². The summed E-state index contributed by atoms with van der Waals surface area (Å²) in [6, 6.07) is 5.93. The van der Waals surface area contributed by atoms with E-state index >= 15 is 0 Å². The van der Waals surface area contributed by atoms with Crippen LogP contribution >= 0.6 is 24.0 Å². The molecule has 4 nitrogen and oxygen atoms in total. The average Bonchev–Trinajstić information content (AvgIpc) is 2.50. The van der Waals surface area contributed by atoms with Crippen LogP contribution in [0.5, 0.6) is 0 Å². The van der Waals surface area contributed by atoms with E-state index in [0.717, 1.165) is 24.1 Å². The average molecular weight is 418 g/mol. The number of hydrogen-bond donors (Lipinski definition) is 2. The molecule has 22 heavy (non-hydrogen) atoms. The maximum absolute atomic E-state index is 4.28. The number of pyridine rings is 1. The fourth-order valence-corrected chi connectivity index (χ4v) is 2.14. The molecule has 0 unspecified atom stereocenters. The predicted octanol–water partition coefficient (Wildman–Crippen LogP) is 3.97. The van der Waals surface area contributed by atoms with Crippen LogP contribution in [0.15, 0.2) is 29.4 Å². The van der Waals surface area contributed by atoms with Gasteiger partial charge in [-0.25, -0.2) is 0 Å². The quantitative estimate of drug-likeness (QED) is 0.276. The summed E-state index contributed by atoms with van der Waals surface area (Å²) in [4.78, 5) is 8.51. The van der Waals surface area contributed by atoms with E-state index in [0.29, 0.717) is 6.54 Å². The molecule has 0 aliphatic carbocycles. The van der Waals surface area contributed by atoms with E-state index in [2.05, 4.69) is 34.5 Å². The van der Waals surface area contributed by atoms with Gasteiger partial charge in [0, 0.05) is 19.8 Å². The highest BCUT2D eigenvalue weighted by Crippen LogP contribution is 2.08. The normalized spacial score (nSPS) is 11.2. The predicted molar refractivity (Wildman–Crippen MR) is 106 cm³/mol. The van der Waals surface area contributed by atoms with Crippen molar-refractivity contribution in [3.63, 3.8) is 0 Å². The van der Waals surface area contributed by atoms with Crippen LogP contribution in [0.25, 0.3) is 0 Å². The number of guanidine groups is 1. The highest BCUT2D eigenvalue weighted by molar-refractivity contribution is 14.0. The summed E-state index contributed by atoms with van der Waals surface area (Å²) in [6.07, 6.45) is 8.33. The summed E-state index contributed by atoms with van der Waals surface area (Å²) in [5.41, 5.74) is 1.02. The minimum absolute atomic E-state index is 0. The second-order valence-corrected chi connectivity index (χ2v) is 5.77. The molecule has 5 heteroatoms. The number of aliphatic imine (C=N–C) groups is 1. The smallest absolute Gasteiger partial charge is 0.191 e. The lowest BCUT2D eigenvalue weighted by Crippen LogP contribution is -2.37. The Kier molecular flexibility index (Phi) is 13.3. The van der Waals surface area contributed by atoms with Crippen molar-refractivity contribution in [1.82, 2.24) is 15.6 Å². The van der Waals surface area contributed by atoms with Gasteiger partial charge in [0.25, 0.3) is 0 Å². The van der Waals surface area contributed by atoms with Crippen LogP contribution in [0.4, 0.5) is 0 Å². The molecule has 0 aromatic carbocycles. The summed E-state index contributed by atoms with van der Waals surface area (Å²) in [5.74, 6) is 1.68. The van der Waals surface area contributed by atoms with E-state index in [1.165, 1.54) is 32.1 Å². The molecule has 126 valence electrons. The van der Waals surface area contributed by atoms with Gasteiger partial charge in [-0.3, -0.25) is 9.98 Å². The third-order valence-electron chi connectivity index (χ3n) is 3.39. The zero-order chi connectivity index (χ0) is 15.3. The fraction of sp³-hybridized carbons (Fsp3) is 0.647. The Bertz CT molecular complexity index is 393. The Balaban J connectivity index is 0.00000441. The summed E-state index contributed by atoms with van der Waals surface area (Å²) >= 11 is 0. The largest absolute Gasteiger partial charge is 0.356 e. The molecule has 0 atom stereocenters. The number of aromatic nitrogens is 1. The first kappa shape index (κ1) is 21.1. The molecule has 0 aliphatic rings. The minimum atomic E-state index is 0. The van der Waals surface area contributed by atoms with E-state index in [1.807, 2.05) is 24.4 Å². The van der Waals surface area contributed by atoms with Crippen molar-refractivity contribution in [2.24, 2.45) is 10.9 Å². The third-order valence-corrected chi connectivity index (χ3v) is 3.39. The Morgan fingerprint density at radius 1 is 1.14 bits per heavy atom. The summed E-state index contributed by atoms with van der Waals surface area (Å²) in [6.45, 7) is 6.26. The highest BCUT2D eigenvalue weighted by Gasteiger charge is 1.99. The Labute approximate surface area is 152 Å². The standard InChI is InChI=1S/C17H30N4.HI/c1-15(2)10-6-4-5-8-13-20-17(18-3)21-14-16-11-7-9-12-19-16;/h7,9,11-12,15H,4-6,8,10,13-14H2,1-3H3,(H2,18,20,21);1H. The molecule has 1 heterocycles. The zero-order valence-corrected chi connectivity index (χ0v) is 16.5. The van der Waals surface area contributed by atoms with Crippen LogP contribution in [0.1, 0.15) is 51.6 Å². The summed E-state index contributed by atoms with van der Waals surface area (Å²) in [5, 5.41) is 6.63. The van der Waals surface area contributed by atoms with Crippen molar-refractivity contribution in [1.29, 1.82) is 0 Å². The number of nitrogens with one attached hydrogen (secondary N) is 2. The molecule has 1 rings (SSSR count). The van der Waals surface area contributed by atoms with E-state index in [4.69, 9.17) is 0 Å². The van der Waals surface area contributed by atoms with Gasteiger partial charge in [0.05, 0.1) is 12.2 Å². The van der Waals surface area contributed by atoms with Crippen LogP contribution in [0, 0.1) is 5.92 Å². The van der Waals surface area contributed by atoms with E-state index < -0.39 is 0 Å². The first-order valence-electron chi connectivity index (χ1n) is 8.06. The lowest BCUT2D eigenvalue weighted by atomic mass is 10.0. The molecule has 0 spiro atoms. The first-order valence-corrected chi connectivity index (χ1v) is 8.06. The number of halogens is 1. The fourth-order valence-electron chi connectivity index (χ4n) is 2.14. The second kappa shape index (κ2) is 13.8. The maximum Gasteiger partial charge on any atom is 0.191 e. The van der Waals surface area contributed by atoms with Gasteiger partial charge < -0.3 is 10.6 Å². The van der Waals surface area contributed by atoms with E-state index in [1.54, 1.807) is 7.05 Å². The maximum atomic E-state index is 4.28. The van der Waals surface area contributed by atoms with Crippen LogP contribution in [-0.2, 0) is 6.54 Å². The Morgan fingerprint density at radius 2 is 1.91 bits per heavy atom. The van der Waals surface area contributed by atoms with Gasteiger partial charge >= 0.3 is 0 Å². The van der Waals surface area contributed by atoms with Gasteiger partial charge in [-0.2, -0.15) is 0 Å². The van der Waals surface area contributed by atoms with Crippen LogP contribution in [0.3, 0.4) is 0 Å². The monoisotopic (exact) mass is 418 g/mol. The number of unbranched alkanes of at least 4 members (excludes halogenated alkanes) is 3. The number of hydrogen-bond acceptors (Lipinski definition) is 2. The molecular formula is C17H31IN4. The molecule has 0 fully saturated rings. The van der Waals surface area contributed by atoms with Gasteiger partial charge in [0.2, 0.25) is 0 Å². The minimum Gasteiger partial charge on any atom is -0.356 e. The van der Waals surface area contributed by atoms with Gasteiger partial charge in [-0.1, -0.05) is 45.6 Å². The first-order chi connectivity index (χ1) is 10.2. The zero-order valence-electron chi connectivity index (χ0n) is 14.1. The van der Waals surface area contributed by atoms with Crippen molar-refractivity contribution in [3.8, 4) is 0 Å². The SMILES string of the molecule is CN=C(NCCCCCCC(C)C)NCc1ccccn1.I. The summed E-state index contributed by atoms with van der Waals surface area (Å²) < 4.78 is 0. The van der Waals surface area contributed by atoms with Crippen molar-refractivity contribution in [3.05, 3.63) is 30.1 Å². The molecule has 2 N–H and O–H groups in total. The van der Waals surface area contributed by atoms with Crippen molar-refractivity contribution in [2.45, 2.75) is 52.5 Å². The number of rotatable bonds is 9. The Hall–Kier alpha value is -0.850.